The average Bonchev–Trinajstić information content (AvgIpc) is 3.16. The molecular weight excluding hydrogens is 276 g/mol. The molecule has 1 aliphatic rings. The predicted octanol–water partition coefficient (Wildman–Crippen LogP) is 0.277. The van der Waals surface area contributed by atoms with Gasteiger partial charge in [0.15, 0.2) is 0 Å². The first-order valence-electron chi connectivity index (χ1n) is 7.23. The molecule has 1 unspecified atom stereocenters. The number of carbonyl (C=O) groups is 1. The predicted molar refractivity (Wildman–Crippen MR) is 73.9 cm³/mol. The Balaban J connectivity index is 1.64. The lowest BCUT2D eigenvalue weighted by molar-refractivity contribution is 0.0687. The third-order valence-corrected chi connectivity index (χ3v) is 3.19. The lowest BCUT2D eigenvalue weighted by Crippen LogP contribution is -2.26. The molecule has 21 heavy (non-hydrogen) atoms. The van der Waals surface area contributed by atoms with Crippen LogP contribution < -0.4 is 10.6 Å². The molecule has 0 bridgehead atoms. The second-order valence-corrected chi connectivity index (χ2v) is 4.82. The van der Waals surface area contributed by atoms with E-state index in [1.54, 1.807) is 7.11 Å². The number of hydrogen-bond acceptors (Lipinski definition) is 7. The van der Waals surface area contributed by atoms with Crippen molar-refractivity contribution < 1.29 is 18.8 Å². The van der Waals surface area contributed by atoms with Gasteiger partial charge in [0.05, 0.1) is 19.3 Å². The number of nitrogens with zero attached hydrogens (tertiary/aromatic N) is 2. The Morgan fingerprint density at radius 1 is 1.48 bits per heavy atom. The van der Waals surface area contributed by atoms with Crippen molar-refractivity contribution in [1.82, 2.24) is 20.8 Å². The molecule has 0 spiro atoms. The molecule has 1 saturated heterocycles. The fourth-order valence-corrected chi connectivity index (χ4v) is 2.06. The van der Waals surface area contributed by atoms with Crippen molar-refractivity contribution in [2.45, 2.75) is 25.3 Å². The molecule has 8 heteroatoms. The second-order valence-electron chi connectivity index (χ2n) is 4.82. The first-order chi connectivity index (χ1) is 10.3. The van der Waals surface area contributed by atoms with Gasteiger partial charge in [0, 0.05) is 20.3 Å². The summed E-state index contributed by atoms with van der Waals surface area (Å²) in [7, 11) is 1.63. The number of hydrogen-bond donors (Lipinski definition) is 2. The molecule has 2 rings (SSSR count). The highest BCUT2D eigenvalue weighted by Crippen LogP contribution is 2.20. The summed E-state index contributed by atoms with van der Waals surface area (Å²) in [4.78, 5) is 16.0. The van der Waals surface area contributed by atoms with Crippen molar-refractivity contribution in [3.8, 4) is 0 Å². The van der Waals surface area contributed by atoms with Crippen molar-refractivity contribution in [2.75, 3.05) is 40.0 Å². The van der Waals surface area contributed by atoms with Crippen LogP contribution in [0.1, 0.15) is 41.8 Å². The SMILES string of the molecule is COCCOCCCNC(=O)c1noc(C2CCCN2)n1. The van der Waals surface area contributed by atoms with E-state index in [9.17, 15) is 4.79 Å². The summed E-state index contributed by atoms with van der Waals surface area (Å²) in [5.41, 5.74) is 0. The summed E-state index contributed by atoms with van der Waals surface area (Å²) >= 11 is 0. The van der Waals surface area contributed by atoms with Crippen LogP contribution in [0.5, 0.6) is 0 Å². The van der Waals surface area contributed by atoms with Gasteiger partial charge in [0.1, 0.15) is 0 Å². The van der Waals surface area contributed by atoms with Crippen LogP contribution in [0.4, 0.5) is 0 Å². The minimum absolute atomic E-state index is 0.0771. The van der Waals surface area contributed by atoms with Gasteiger partial charge in [-0.25, -0.2) is 0 Å². The van der Waals surface area contributed by atoms with E-state index in [0.717, 1.165) is 25.8 Å². The number of ether oxygens (including phenoxy) is 2. The highest BCUT2D eigenvalue weighted by atomic mass is 16.5. The van der Waals surface area contributed by atoms with Gasteiger partial charge in [-0.1, -0.05) is 5.16 Å². The zero-order valence-corrected chi connectivity index (χ0v) is 12.3. The highest BCUT2D eigenvalue weighted by molar-refractivity contribution is 5.90. The van der Waals surface area contributed by atoms with E-state index in [-0.39, 0.29) is 17.8 Å². The maximum absolute atomic E-state index is 11.8. The topological polar surface area (TPSA) is 98.5 Å². The monoisotopic (exact) mass is 298 g/mol. The summed E-state index contributed by atoms with van der Waals surface area (Å²) in [6.45, 7) is 3.17. The summed E-state index contributed by atoms with van der Waals surface area (Å²) in [5, 5.41) is 9.70. The number of rotatable bonds is 9. The van der Waals surface area contributed by atoms with Crippen molar-refractivity contribution in [1.29, 1.82) is 0 Å². The first kappa shape index (κ1) is 15.9. The van der Waals surface area contributed by atoms with Crippen LogP contribution in [0.15, 0.2) is 4.52 Å². The van der Waals surface area contributed by atoms with Crippen LogP contribution in [-0.4, -0.2) is 56.1 Å². The van der Waals surface area contributed by atoms with Gasteiger partial charge in [0.2, 0.25) is 5.89 Å². The standard InChI is InChI=1S/C13H22N4O4/c1-19-8-9-20-7-3-6-15-12(18)11-16-13(21-17-11)10-4-2-5-14-10/h10,14H,2-9H2,1H3,(H,15,18). The van der Waals surface area contributed by atoms with Gasteiger partial charge in [-0.05, 0) is 25.8 Å². The molecule has 1 aromatic heterocycles. The van der Waals surface area contributed by atoms with Crippen LogP contribution in [0.2, 0.25) is 0 Å². The number of aromatic nitrogens is 2. The van der Waals surface area contributed by atoms with Gasteiger partial charge in [-0.3, -0.25) is 4.79 Å². The second kappa shape index (κ2) is 8.71. The summed E-state index contributed by atoms with van der Waals surface area (Å²) in [6, 6.07) is 0.0771. The molecule has 1 amide bonds. The van der Waals surface area contributed by atoms with Crippen molar-refractivity contribution in [3.63, 3.8) is 0 Å². The number of methoxy groups -OCH3 is 1. The molecule has 1 aliphatic heterocycles. The molecule has 2 N–H and O–H groups in total. The number of amides is 1. The van der Waals surface area contributed by atoms with Crippen molar-refractivity contribution >= 4 is 5.91 Å². The van der Waals surface area contributed by atoms with E-state index in [4.69, 9.17) is 14.0 Å². The average molecular weight is 298 g/mol. The molecule has 1 aromatic rings. The van der Waals surface area contributed by atoms with Gasteiger partial charge in [0.25, 0.3) is 11.7 Å². The Morgan fingerprint density at radius 2 is 2.38 bits per heavy atom. The smallest absolute Gasteiger partial charge is 0.292 e. The molecule has 0 saturated carbocycles. The molecular formula is C13H22N4O4. The maximum Gasteiger partial charge on any atom is 0.292 e. The molecule has 0 aromatic carbocycles. The van der Waals surface area contributed by atoms with Crippen molar-refractivity contribution in [2.24, 2.45) is 0 Å². The zero-order valence-electron chi connectivity index (χ0n) is 12.3. The summed E-state index contributed by atoms with van der Waals surface area (Å²) in [5.74, 6) is 0.249. The number of carbonyl (C=O) groups excluding carboxylic acids is 1. The summed E-state index contributed by atoms with van der Waals surface area (Å²) in [6.07, 6.45) is 2.77. The molecule has 2 heterocycles. The minimum Gasteiger partial charge on any atom is -0.382 e. The van der Waals surface area contributed by atoms with Crippen LogP contribution in [-0.2, 0) is 9.47 Å². The van der Waals surface area contributed by atoms with Crippen LogP contribution in [0.25, 0.3) is 0 Å². The Morgan fingerprint density at radius 3 is 3.14 bits per heavy atom. The molecule has 118 valence electrons. The minimum atomic E-state index is -0.320. The van der Waals surface area contributed by atoms with E-state index >= 15 is 0 Å². The lowest BCUT2D eigenvalue weighted by atomic mass is 10.2. The van der Waals surface area contributed by atoms with E-state index in [1.807, 2.05) is 0 Å². The Labute approximate surface area is 123 Å². The van der Waals surface area contributed by atoms with E-state index in [2.05, 4.69) is 20.8 Å². The van der Waals surface area contributed by atoms with E-state index < -0.39 is 0 Å². The third kappa shape index (κ3) is 5.07. The summed E-state index contributed by atoms with van der Waals surface area (Å²) < 4.78 is 15.3. The van der Waals surface area contributed by atoms with E-state index in [0.29, 0.717) is 32.3 Å². The normalized spacial score (nSPS) is 18.0. The lowest BCUT2D eigenvalue weighted by Gasteiger charge is -2.04. The Bertz CT molecular complexity index is 432. The molecule has 8 nitrogen and oxygen atoms in total. The molecule has 0 aliphatic carbocycles. The highest BCUT2D eigenvalue weighted by Gasteiger charge is 2.24. The quantitative estimate of drug-likeness (QED) is 0.632. The fourth-order valence-electron chi connectivity index (χ4n) is 2.06. The molecule has 1 atom stereocenters. The van der Waals surface area contributed by atoms with Gasteiger partial charge in [-0.2, -0.15) is 4.98 Å². The Hall–Kier alpha value is -1.51. The van der Waals surface area contributed by atoms with E-state index in [1.165, 1.54) is 0 Å². The zero-order chi connectivity index (χ0) is 14.9. The Kier molecular flexibility index (Phi) is 6.58. The molecule has 1 fully saturated rings. The largest absolute Gasteiger partial charge is 0.382 e. The maximum atomic E-state index is 11.8. The first-order valence-corrected chi connectivity index (χ1v) is 7.23. The number of nitrogens with one attached hydrogen (secondary N) is 2. The molecule has 0 radical (unpaired) electrons. The third-order valence-electron chi connectivity index (χ3n) is 3.19. The van der Waals surface area contributed by atoms with Crippen LogP contribution in [0.3, 0.4) is 0 Å². The van der Waals surface area contributed by atoms with Gasteiger partial charge >= 0.3 is 0 Å². The van der Waals surface area contributed by atoms with Crippen LogP contribution in [0, 0.1) is 0 Å². The van der Waals surface area contributed by atoms with Crippen LogP contribution >= 0.6 is 0 Å². The van der Waals surface area contributed by atoms with Gasteiger partial charge < -0.3 is 24.6 Å². The van der Waals surface area contributed by atoms with Gasteiger partial charge in [-0.15, -0.1) is 0 Å². The van der Waals surface area contributed by atoms with Crippen molar-refractivity contribution in [3.05, 3.63) is 11.7 Å². The fraction of sp³-hybridized carbons (Fsp3) is 0.769.